The van der Waals surface area contributed by atoms with Crippen molar-refractivity contribution in [2.75, 3.05) is 4.90 Å². The minimum absolute atomic E-state index is 0.00539. The van der Waals surface area contributed by atoms with Gasteiger partial charge in [0.25, 0.3) is 0 Å². The van der Waals surface area contributed by atoms with Crippen molar-refractivity contribution in [3.8, 4) is 0 Å². The van der Waals surface area contributed by atoms with E-state index in [1.165, 1.54) is 4.90 Å². The molecule has 2 aliphatic carbocycles. The number of para-hydroxylation sites is 1. The van der Waals surface area contributed by atoms with E-state index >= 15 is 0 Å². The molecule has 0 radical (unpaired) electrons. The van der Waals surface area contributed by atoms with Gasteiger partial charge in [-0.25, -0.2) is 4.90 Å². The standard InChI is InChI=1S/C24H21ClN2O3/c1-11-6-5-7-12(2)21(11)27-23(28)17-14-10-15(18(17)24(27)29)22-19(14)20(26-30-22)13-8-3-4-9-16(13)25/h3-9,14-15,17-19,22H,10H2,1-2H3/t14-,15-,17+,18-,19-,22+/m0/s1. The van der Waals surface area contributed by atoms with Crippen molar-refractivity contribution in [2.45, 2.75) is 26.4 Å². The Hall–Kier alpha value is -2.66. The Morgan fingerprint density at radius 3 is 2.30 bits per heavy atom. The van der Waals surface area contributed by atoms with Gasteiger partial charge >= 0.3 is 0 Å². The molecule has 2 saturated carbocycles. The van der Waals surface area contributed by atoms with Crippen LogP contribution in [0.5, 0.6) is 0 Å². The lowest BCUT2D eigenvalue weighted by Crippen LogP contribution is -2.41. The number of hydrogen-bond acceptors (Lipinski definition) is 4. The molecule has 2 aromatic rings. The Bertz CT molecular complexity index is 1120. The molecule has 30 heavy (non-hydrogen) atoms. The SMILES string of the molecule is Cc1cccc(C)c1N1C(=O)[C@@H]2[C@@H]3C[C@H]([C@H]4ON=C(c5ccccc5Cl)[C@H]34)[C@@H]2C1=O. The van der Waals surface area contributed by atoms with E-state index in [1.807, 2.05) is 56.3 Å². The average molecular weight is 421 g/mol. The lowest BCUT2D eigenvalue weighted by molar-refractivity contribution is -0.125. The van der Waals surface area contributed by atoms with Crippen molar-refractivity contribution in [3.05, 3.63) is 64.2 Å². The number of carbonyl (C=O) groups excluding carboxylic acids is 2. The Labute approximate surface area is 179 Å². The molecule has 0 spiro atoms. The van der Waals surface area contributed by atoms with Crippen molar-refractivity contribution >= 4 is 34.8 Å². The highest BCUT2D eigenvalue weighted by atomic mass is 35.5. The number of aryl methyl sites for hydroxylation is 2. The molecule has 0 unspecified atom stereocenters. The summed E-state index contributed by atoms with van der Waals surface area (Å²) in [5.74, 6) is -0.707. The van der Waals surface area contributed by atoms with Gasteiger partial charge in [0.2, 0.25) is 11.8 Å². The molecule has 0 N–H and O–H groups in total. The Morgan fingerprint density at radius 1 is 0.933 bits per heavy atom. The van der Waals surface area contributed by atoms with Gasteiger partial charge in [-0.3, -0.25) is 9.59 Å². The molecule has 152 valence electrons. The molecule has 6 rings (SSSR count). The summed E-state index contributed by atoms with van der Waals surface area (Å²) in [5.41, 5.74) is 4.31. The first-order valence-electron chi connectivity index (χ1n) is 10.4. The van der Waals surface area contributed by atoms with E-state index in [2.05, 4.69) is 5.16 Å². The highest BCUT2D eigenvalue weighted by molar-refractivity contribution is 6.34. The summed E-state index contributed by atoms with van der Waals surface area (Å²) >= 11 is 6.43. The molecule has 3 fully saturated rings. The van der Waals surface area contributed by atoms with E-state index in [1.54, 1.807) is 0 Å². The Balaban J connectivity index is 1.40. The number of oxime groups is 1. The van der Waals surface area contributed by atoms with Crippen LogP contribution in [0.4, 0.5) is 5.69 Å². The molecule has 6 heteroatoms. The maximum absolute atomic E-state index is 13.6. The van der Waals surface area contributed by atoms with E-state index in [0.29, 0.717) is 5.02 Å². The molecule has 0 aromatic heterocycles. The number of nitrogens with zero attached hydrogens (tertiary/aromatic N) is 2. The van der Waals surface area contributed by atoms with Gasteiger partial charge in [0.1, 0.15) is 6.10 Å². The lowest BCUT2D eigenvalue weighted by Gasteiger charge is -2.30. The van der Waals surface area contributed by atoms with Gasteiger partial charge in [0, 0.05) is 22.4 Å². The third-order valence-electron chi connectivity index (χ3n) is 7.50. The second-order valence-electron chi connectivity index (χ2n) is 8.92. The third-order valence-corrected chi connectivity index (χ3v) is 7.83. The number of imide groups is 1. The maximum Gasteiger partial charge on any atom is 0.238 e. The number of benzene rings is 2. The zero-order valence-corrected chi connectivity index (χ0v) is 17.5. The van der Waals surface area contributed by atoms with Crippen LogP contribution in [0, 0.1) is 43.4 Å². The highest BCUT2D eigenvalue weighted by Gasteiger charge is 2.70. The van der Waals surface area contributed by atoms with Gasteiger partial charge in [-0.05, 0) is 43.4 Å². The average Bonchev–Trinajstić information content (AvgIpc) is 3.45. The van der Waals surface area contributed by atoms with E-state index in [9.17, 15) is 9.59 Å². The number of fused-ring (bicyclic) bond motifs is 8. The monoisotopic (exact) mass is 420 g/mol. The Morgan fingerprint density at radius 2 is 1.60 bits per heavy atom. The lowest BCUT2D eigenvalue weighted by atomic mass is 9.71. The van der Waals surface area contributed by atoms with Gasteiger partial charge in [-0.2, -0.15) is 0 Å². The van der Waals surface area contributed by atoms with E-state index in [4.69, 9.17) is 16.4 Å². The maximum atomic E-state index is 13.6. The molecule has 2 amide bonds. The van der Waals surface area contributed by atoms with E-state index in [-0.39, 0.29) is 47.5 Å². The molecule has 2 heterocycles. The fourth-order valence-corrected chi connectivity index (χ4v) is 6.63. The first-order valence-corrected chi connectivity index (χ1v) is 10.8. The number of hydrogen-bond donors (Lipinski definition) is 0. The van der Waals surface area contributed by atoms with Crippen LogP contribution in [0.2, 0.25) is 5.02 Å². The second-order valence-corrected chi connectivity index (χ2v) is 9.33. The molecule has 4 aliphatic rings. The second kappa shape index (κ2) is 6.17. The molecule has 1 saturated heterocycles. The van der Waals surface area contributed by atoms with Crippen LogP contribution in [-0.2, 0) is 14.4 Å². The predicted molar refractivity (Wildman–Crippen MR) is 113 cm³/mol. The molecular formula is C24H21ClN2O3. The first-order chi connectivity index (χ1) is 14.5. The summed E-state index contributed by atoms with van der Waals surface area (Å²) in [6, 6.07) is 13.5. The largest absolute Gasteiger partial charge is 0.391 e. The molecule has 2 bridgehead atoms. The third kappa shape index (κ3) is 2.16. The highest BCUT2D eigenvalue weighted by Crippen LogP contribution is 2.62. The normalized spacial score (nSPS) is 33.6. The fraction of sp³-hybridized carbons (Fsp3) is 0.375. The van der Waals surface area contributed by atoms with Crippen LogP contribution in [0.15, 0.2) is 47.6 Å². The van der Waals surface area contributed by atoms with Crippen LogP contribution in [0.25, 0.3) is 0 Å². The Kier molecular flexibility index (Phi) is 3.73. The number of halogens is 1. The van der Waals surface area contributed by atoms with Gasteiger partial charge in [-0.1, -0.05) is 53.2 Å². The van der Waals surface area contributed by atoms with Gasteiger partial charge in [-0.15, -0.1) is 0 Å². The number of anilines is 1. The first kappa shape index (κ1) is 18.1. The predicted octanol–water partition coefficient (Wildman–Crippen LogP) is 4.13. The van der Waals surface area contributed by atoms with Gasteiger partial charge in [0.05, 0.1) is 23.2 Å². The summed E-state index contributed by atoms with van der Waals surface area (Å²) in [6.07, 6.45) is 0.670. The molecular weight excluding hydrogens is 400 g/mol. The zero-order chi connectivity index (χ0) is 20.7. The molecule has 6 atom stereocenters. The quantitative estimate of drug-likeness (QED) is 0.686. The fourth-order valence-electron chi connectivity index (χ4n) is 6.40. The summed E-state index contributed by atoms with van der Waals surface area (Å²) in [7, 11) is 0. The van der Waals surface area contributed by atoms with E-state index in [0.717, 1.165) is 34.5 Å². The van der Waals surface area contributed by atoms with Crippen LogP contribution in [0.3, 0.4) is 0 Å². The van der Waals surface area contributed by atoms with Crippen molar-refractivity contribution < 1.29 is 14.4 Å². The number of rotatable bonds is 2. The molecule has 5 nitrogen and oxygen atoms in total. The molecule has 2 aromatic carbocycles. The van der Waals surface area contributed by atoms with Crippen LogP contribution >= 0.6 is 11.6 Å². The van der Waals surface area contributed by atoms with Crippen LogP contribution in [-0.4, -0.2) is 23.6 Å². The summed E-state index contributed by atoms with van der Waals surface area (Å²) in [5, 5.41) is 5.00. The topological polar surface area (TPSA) is 59.0 Å². The van der Waals surface area contributed by atoms with Crippen molar-refractivity contribution in [2.24, 2.45) is 34.7 Å². The smallest absolute Gasteiger partial charge is 0.238 e. The minimum Gasteiger partial charge on any atom is -0.391 e. The number of amides is 2. The summed E-state index contributed by atoms with van der Waals surface area (Å²) in [6.45, 7) is 3.90. The zero-order valence-electron chi connectivity index (χ0n) is 16.7. The van der Waals surface area contributed by atoms with Crippen LogP contribution < -0.4 is 4.90 Å². The van der Waals surface area contributed by atoms with Crippen molar-refractivity contribution in [1.82, 2.24) is 0 Å². The van der Waals surface area contributed by atoms with E-state index < -0.39 is 0 Å². The minimum atomic E-state index is -0.316. The van der Waals surface area contributed by atoms with Crippen molar-refractivity contribution in [3.63, 3.8) is 0 Å². The summed E-state index contributed by atoms with van der Waals surface area (Å²) < 4.78 is 0. The molecule has 2 aliphatic heterocycles. The van der Waals surface area contributed by atoms with Crippen LogP contribution in [0.1, 0.15) is 23.1 Å². The number of carbonyl (C=O) groups is 2. The summed E-state index contributed by atoms with van der Waals surface area (Å²) in [4.78, 5) is 34.4. The van der Waals surface area contributed by atoms with Gasteiger partial charge in [0.15, 0.2) is 0 Å². The van der Waals surface area contributed by atoms with Crippen molar-refractivity contribution in [1.29, 1.82) is 0 Å². The van der Waals surface area contributed by atoms with Gasteiger partial charge < -0.3 is 4.84 Å².